The number of hydrogen-bond acceptors (Lipinski definition) is 4. The first-order valence-electron chi connectivity index (χ1n) is 6.30. The molecule has 0 saturated carbocycles. The summed E-state index contributed by atoms with van der Waals surface area (Å²) in [6.45, 7) is 2.66. The number of carbonyl (C=O) groups is 1. The highest BCUT2D eigenvalue weighted by Gasteiger charge is 2.12. The van der Waals surface area contributed by atoms with E-state index in [2.05, 4.69) is 5.32 Å². The topological polar surface area (TPSA) is 98.3 Å². The number of carbonyl (C=O) groups excluding carboxylic acids is 1. The summed E-state index contributed by atoms with van der Waals surface area (Å²) in [6, 6.07) is 6.65. The van der Waals surface area contributed by atoms with E-state index in [9.17, 15) is 14.9 Å². The van der Waals surface area contributed by atoms with Gasteiger partial charge in [-0.15, -0.1) is 0 Å². The van der Waals surface area contributed by atoms with E-state index in [4.69, 9.17) is 5.73 Å². The fourth-order valence-electron chi connectivity index (χ4n) is 1.89. The zero-order chi connectivity index (χ0) is 14.3. The van der Waals surface area contributed by atoms with Crippen LogP contribution in [0.25, 0.3) is 0 Å². The second-order valence-corrected chi connectivity index (χ2v) is 4.34. The molecule has 1 unspecified atom stereocenters. The van der Waals surface area contributed by atoms with Gasteiger partial charge in [-0.3, -0.25) is 14.9 Å². The Kier molecular flexibility index (Phi) is 5.95. The zero-order valence-electron chi connectivity index (χ0n) is 11.0. The molecule has 0 bridgehead atoms. The van der Waals surface area contributed by atoms with E-state index in [0.717, 1.165) is 12.0 Å². The third-order valence-corrected chi connectivity index (χ3v) is 2.88. The Hall–Kier alpha value is -1.95. The van der Waals surface area contributed by atoms with Crippen LogP contribution in [0.5, 0.6) is 0 Å². The highest BCUT2D eigenvalue weighted by atomic mass is 16.6. The lowest BCUT2D eigenvalue weighted by Crippen LogP contribution is -2.23. The fraction of sp³-hybridized carbons (Fsp3) is 0.462. The first kappa shape index (κ1) is 15.1. The third kappa shape index (κ3) is 5.05. The highest BCUT2D eigenvalue weighted by molar-refractivity contribution is 5.73. The molecule has 0 aromatic heterocycles. The Labute approximate surface area is 112 Å². The molecule has 0 heterocycles. The number of nitrogens with two attached hydrogens (primary N) is 1. The second kappa shape index (κ2) is 7.48. The number of non-ortho nitro benzene ring substituents is 1. The van der Waals surface area contributed by atoms with Crippen LogP contribution in [0.1, 0.15) is 37.8 Å². The van der Waals surface area contributed by atoms with Gasteiger partial charge in [0, 0.05) is 24.6 Å². The maximum Gasteiger partial charge on any atom is 0.269 e. The maximum atomic E-state index is 10.7. The SMILES string of the molecule is CCC(NCCCC(N)=O)c1cccc([N+](=O)[O-])c1. The fourth-order valence-corrected chi connectivity index (χ4v) is 1.89. The molecule has 0 fully saturated rings. The van der Waals surface area contributed by atoms with E-state index in [1.807, 2.05) is 13.0 Å². The molecular weight excluding hydrogens is 246 g/mol. The molecular formula is C13H19N3O3. The van der Waals surface area contributed by atoms with Gasteiger partial charge in [0.1, 0.15) is 0 Å². The van der Waals surface area contributed by atoms with Crippen LogP contribution in [0.4, 0.5) is 5.69 Å². The third-order valence-electron chi connectivity index (χ3n) is 2.88. The van der Waals surface area contributed by atoms with Crippen molar-refractivity contribution in [2.75, 3.05) is 6.54 Å². The minimum Gasteiger partial charge on any atom is -0.370 e. The monoisotopic (exact) mass is 265 g/mol. The number of nitrogens with zero attached hydrogens (tertiary/aromatic N) is 1. The quantitative estimate of drug-likeness (QED) is 0.426. The summed E-state index contributed by atoms with van der Waals surface area (Å²) >= 11 is 0. The van der Waals surface area contributed by atoms with Crippen LogP contribution in [0, 0.1) is 10.1 Å². The van der Waals surface area contributed by atoms with Gasteiger partial charge in [0.2, 0.25) is 5.91 Å². The molecule has 6 heteroatoms. The Morgan fingerprint density at radius 3 is 2.84 bits per heavy atom. The molecule has 0 spiro atoms. The lowest BCUT2D eigenvalue weighted by molar-refractivity contribution is -0.384. The van der Waals surface area contributed by atoms with Crippen LogP contribution in [0.15, 0.2) is 24.3 Å². The number of primary amides is 1. The Balaban J connectivity index is 2.61. The van der Waals surface area contributed by atoms with E-state index >= 15 is 0 Å². The molecule has 0 aliphatic rings. The van der Waals surface area contributed by atoms with Gasteiger partial charge in [-0.05, 0) is 24.9 Å². The van der Waals surface area contributed by atoms with Gasteiger partial charge in [0.25, 0.3) is 5.69 Å². The Bertz CT molecular complexity index is 449. The van der Waals surface area contributed by atoms with Crippen LogP contribution in [0.3, 0.4) is 0 Å². The first-order valence-corrected chi connectivity index (χ1v) is 6.30. The maximum absolute atomic E-state index is 10.7. The largest absolute Gasteiger partial charge is 0.370 e. The number of amides is 1. The molecule has 1 aromatic carbocycles. The number of benzene rings is 1. The van der Waals surface area contributed by atoms with Gasteiger partial charge < -0.3 is 11.1 Å². The van der Waals surface area contributed by atoms with Gasteiger partial charge >= 0.3 is 0 Å². The van der Waals surface area contributed by atoms with Crippen molar-refractivity contribution in [1.29, 1.82) is 0 Å². The summed E-state index contributed by atoms with van der Waals surface area (Å²) in [4.78, 5) is 21.0. The molecule has 1 amide bonds. The summed E-state index contributed by atoms with van der Waals surface area (Å²) in [7, 11) is 0. The van der Waals surface area contributed by atoms with Gasteiger partial charge in [-0.1, -0.05) is 19.1 Å². The van der Waals surface area contributed by atoms with Crippen LogP contribution in [0.2, 0.25) is 0 Å². The smallest absolute Gasteiger partial charge is 0.269 e. The number of nitro groups is 1. The molecule has 0 aliphatic carbocycles. The number of nitrogens with one attached hydrogen (secondary N) is 1. The van der Waals surface area contributed by atoms with Crippen molar-refractivity contribution in [1.82, 2.24) is 5.32 Å². The van der Waals surface area contributed by atoms with Gasteiger partial charge in [-0.2, -0.15) is 0 Å². The molecule has 1 aromatic rings. The van der Waals surface area contributed by atoms with Crippen molar-refractivity contribution >= 4 is 11.6 Å². The molecule has 0 saturated heterocycles. The lowest BCUT2D eigenvalue weighted by atomic mass is 10.0. The van der Waals surface area contributed by atoms with E-state index in [0.29, 0.717) is 19.4 Å². The molecule has 1 atom stereocenters. The lowest BCUT2D eigenvalue weighted by Gasteiger charge is -2.17. The molecule has 3 N–H and O–H groups in total. The van der Waals surface area contributed by atoms with Crippen molar-refractivity contribution in [2.24, 2.45) is 5.73 Å². The van der Waals surface area contributed by atoms with Crippen LogP contribution in [-0.2, 0) is 4.79 Å². The zero-order valence-corrected chi connectivity index (χ0v) is 11.0. The van der Waals surface area contributed by atoms with Crippen LogP contribution < -0.4 is 11.1 Å². The van der Waals surface area contributed by atoms with Crippen molar-refractivity contribution in [3.05, 3.63) is 39.9 Å². The van der Waals surface area contributed by atoms with Gasteiger partial charge in [0.05, 0.1) is 4.92 Å². The van der Waals surface area contributed by atoms with Gasteiger partial charge in [-0.25, -0.2) is 0 Å². The van der Waals surface area contributed by atoms with Crippen LogP contribution >= 0.6 is 0 Å². The molecule has 0 aliphatic heterocycles. The van der Waals surface area contributed by atoms with Gasteiger partial charge in [0.15, 0.2) is 0 Å². The minimum atomic E-state index is -0.399. The average molecular weight is 265 g/mol. The molecule has 6 nitrogen and oxygen atoms in total. The van der Waals surface area contributed by atoms with Crippen molar-refractivity contribution in [3.63, 3.8) is 0 Å². The second-order valence-electron chi connectivity index (χ2n) is 4.34. The van der Waals surface area contributed by atoms with Crippen molar-refractivity contribution < 1.29 is 9.72 Å². The molecule has 19 heavy (non-hydrogen) atoms. The van der Waals surface area contributed by atoms with E-state index in [1.165, 1.54) is 6.07 Å². The van der Waals surface area contributed by atoms with E-state index in [1.54, 1.807) is 12.1 Å². The number of hydrogen-bond donors (Lipinski definition) is 2. The van der Waals surface area contributed by atoms with E-state index in [-0.39, 0.29) is 17.6 Å². The predicted molar refractivity (Wildman–Crippen MR) is 72.6 cm³/mol. The first-order chi connectivity index (χ1) is 9.04. The predicted octanol–water partition coefficient (Wildman–Crippen LogP) is 1.90. The highest BCUT2D eigenvalue weighted by Crippen LogP contribution is 2.21. The Morgan fingerprint density at radius 2 is 2.26 bits per heavy atom. The van der Waals surface area contributed by atoms with E-state index < -0.39 is 4.92 Å². The minimum absolute atomic E-state index is 0.0489. The number of nitro benzene ring substituents is 1. The van der Waals surface area contributed by atoms with Crippen LogP contribution in [-0.4, -0.2) is 17.4 Å². The van der Waals surface area contributed by atoms with Crippen molar-refractivity contribution in [3.8, 4) is 0 Å². The van der Waals surface area contributed by atoms with Crippen molar-refractivity contribution in [2.45, 2.75) is 32.2 Å². The standard InChI is InChI=1S/C13H19N3O3/c1-2-12(15-8-4-7-13(14)17)10-5-3-6-11(9-10)16(18)19/h3,5-6,9,12,15H,2,4,7-8H2,1H3,(H2,14,17). The average Bonchev–Trinajstić information content (AvgIpc) is 2.38. The normalized spacial score (nSPS) is 12.1. The summed E-state index contributed by atoms with van der Waals surface area (Å²) in [5, 5.41) is 14.0. The Morgan fingerprint density at radius 1 is 1.53 bits per heavy atom. The number of rotatable bonds is 8. The summed E-state index contributed by atoms with van der Waals surface area (Å²) in [5.74, 6) is -0.315. The summed E-state index contributed by atoms with van der Waals surface area (Å²) < 4.78 is 0. The summed E-state index contributed by atoms with van der Waals surface area (Å²) in [5.41, 5.74) is 6.04. The molecule has 104 valence electrons. The summed E-state index contributed by atoms with van der Waals surface area (Å²) in [6.07, 6.45) is 1.83. The molecule has 1 rings (SSSR count). The molecule has 0 radical (unpaired) electrons.